The summed E-state index contributed by atoms with van der Waals surface area (Å²) in [6, 6.07) is 6.58. The molecule has 146 valence electrons. The Morgan fingerprint density at radius 2 is 1.79 bits per heavy atom. The molecule has 0 aromatic carbocycles. The molecule has 3 aromatic rings. The minimum absolute atomic E-state index is 0.619. The lowest BCUT2D eigenvalue weighted by atomic mass is 9.88. The van der Waals surface area contributed by atoms with Crippen molar-refractivity contribution < 1.29 is 0 Å². The fourth-order valence-electron chi connectivity index (χ4n) is 5.53. The van der Waals surface area contributed by atoms with Crippen LogP contribution in [0.4, 0.5) is 5.69 Å². The first-order valence-electron chi connectivity index (χ1n) is 10.3. The number of piperazine rings is 1. The fraction of sp³-hybridized carbons (Fsp3) is 0.524. The normalized spacial score (nSPS) is 30.1. The van der Waals surface area contributed by atoms with E-state index in [4.69, 9.17) is 0 Å². The monoisotopic (exact) mass is 394 g/mol. The molecule has 2 atom stereocenters. The lowest BCUT2D eigenvalue weighted by molar-refractivity contribution is 0.0666. The highest BCUT2D eigenvalue weighted by atomic mass is 32.1. The average Bonchev–Trinajstić information content (AvgIpc) is 3.34. The largest absolute Gasteiger partial charge is 0.367 e. The van der Waals surface area contributed by atoms with Gasteiger partial charge >= 0.3 is 0 Å². The lowest BCUT2D eigenvalue weighted by Crippen LogP contribution is -2.60. The van der Waals surface area contributed by atoms with Gasteiger partial charge in [-0.1, -0.05) is 0 Å². The molecule has 3 aliphatic rings. The SMILES string of the molecule is Cn1cc(-c2cc3c(N4CC5CCC(C4)N5[C@H]4C[C@H](S)C4)ccnn3c2)cn1. The van der Waals surface area contributed by atoms with Crippen molar-refractivity contribution in [1.82, 2.24) is 24.3 Å². The number of nitrogens with zero attached hydrogens (tertiary/aromatic N) is 6. The zero-order valence-corrected chi connectivity index (χ0v) is 17.0. The number of aryl methyl sites for hydroxylation is 1. The number of hydrogen-bond acceptors (Lipinski definition) is 5. The third-order valence-corrected chi connectivity index (χ3v) is 7.34. The van der Waals surface area contributed by atoms with Crippen LogP contribution in [0.1, 0.15) is 25.7 Å². The second-order valence-electron chi connectivity index (χ2n) is 8.69. The molecular formula is C21H26N6S. The van der Waals surface area contributed by atoms with Crippen LogP contribution in [0, 0.1) is 0 Å². The Hall–Kier alpha value is -1.99. The molecule has 2 bridgehead atoms. The predicted octanol–water partition coefficient (Wildman–Crippen LogP) is 2.85. The Balaban J connectivity index is 1.31. The van der Waals surface area contributed by atoms with Crippen LogP contribution in [0.25, 0.3) is 16.6 Å². The molecule has 6 nitrogen and oxygen atoms in total. The first-order chi connectivity index (χ1) is 13.7. The van der Waals surface area contributed by atoms with Gasteiger partial charge in [0.25, 0.3) is 0 Å². The van der Waals surface area contributed by atoms with E-state index >= 15 is 0 Å². The number of anilines is 1. The maximum absolute atomic E-state index is 4.64. The molecule has 6 rings (SSSR count). The molecule has 0 radical (unpaired) electrons. The Morgan fingerprint density at radius 3 is 2.46 bits per heavy atom. The minimum atomic E-state index is 0.619. The second kappa shape index (κ2) is 6.26. The maximum Gasteiger partial charge on any atom is 0.0886 e. The van der Waals surface area contributed by atoms with E-state index in [9.17, 15) is 0 Å². The zero-order chi connectivity index (χ0) is 18.8. The highest BCUT2D eigenvalue weighted by Crippen LogP contribution is 2.41. The van der Waals surface area contributed by atoms with Crippen molar-refractivity contribution >= 4 is 23.8 Å². The molecule has 2 aliphatic heterocycles. The fourth-order valence-corrected chi connectivity index (χ4v) is 6.01. The van der Waals surface area contributed by atoms with E-state index < -0.39 is 0 Å². The van der Waals surface area contributed by atoms with Crippen LogP contribution in [0.5, 0.6) is 0 Å². The lowest BCUT2D eigenvalue weighted by Gasteiger charge is -2.50. The van der Waals surface area contributed by atoms with Crippen LogP contribution < -0.4 is 4.90 Å². The highest BCUT2D eigenvalue weighted by molar-refractivity contribution is 7.81. The maximum atomic E-state index is 4.64. The molecule has 28 heavy (non-hydrogen) atoms. The van der Waals surface area contributed by atoms with E-state index in [0.29, 0.717) is 17.3 Å². The van der Waals surface area contributed by atoms with Crippen LogP contribution in [0.2, 0.25) is 0 Å². The van der Waals surface area contributed by atoms with Crippen molar-refractivity contribution in [3.8, 4) is 11.1 Å². The van der Waals surface area contributed by atoms with E-state index in [1.165, 1.54) is 42.5 Å². The molecule has 3 fully saturated rings. The molecule has 0 amide bonds. The first-order valence-corrected chi connectivity index (χ1v) is 10.8. The van der Waals surface area contributed by atoms with Crippen LogP contribution in [-0.2, 0) is 7.05 Å². The van der Waals surface area contributed by atoms with Crippen molar-refractivity contribution in [1.29, 1.82) is 0 Å². The Labute approximate surface area is 170 Å². The van der Waals surface area contributed by atoms with Gasteiger partial charge in [-0.15, -0.1) is 0 Å². The topological polar surface area (TPSA) is 41.6 Å². The van der Waals surface area contributed by atoms with Gasteiger partial charge in [-0.05, 0) is 37.8 Å². The number of fused-ring (bicyclic) bond motifs is 3. The Kier molecular flexibility index (Phi) is 3.78. The standard InChI is InChI=1S/C21H26N6S/c1-24-10-15(9-23-24)14-6-21-20(4-5-22-26(21)11-14)25-12-16-2-3-17(13-25)27(16)18-7-19(28)8-18/h4-6,9-11,16-19,28H,2-3,7-8,12-13H2,1H3/t16?,17?,18-,19-. The average molecular weight is 395 g/mol. The van der Waals surface area contributed by atoms with Crippen LogP contribution in [-0.4, -0.2) is 60.8 Å². The third kappa shape index (κ3) is 2.59. The smallest absolute Gasteiger partial charge is 0.0886 e. The summed E-state index contributed by atoms with van der Waals surface area (Å²) in [7, 11) is 1.95. The first kappa shape index (κ1) is 16.9. The molecule has 1 saturated carbocycles. The molecular weight excluding hydrogens is 368 g/mol. The number of rotatable bonds is 3. The predicted molar refractivity (Wildman–Crippen MR) is 114 cm³/mol. The quantitative estimate of drug-likeness (QED) is 0.694. The summed E-state index contributed by atoms with van der Waals surface area (Å²) < 4.78 is 3.86. The summed E-state index contributed by atoms with van der Waals surface area (Å²) in [6.07, 6.45) is 13.2. The number of hydrogen-bond donors (Lipinski definition) is 1. The minimum Gasteiger partial charge on any atom is -0.367 e. The van der Waals surface area contributed by atoms with Crippen molar-refractivity contribution in [2.45, 2.75) is 49.1 Å². The van der Waals surface area contributed by atoms with Gasteiger partial charge in [-0.25, -0.2) is 4.52 Å². The summed E-state index contributed by atoms with van der Waals surface area (Å²) in [4.78, 5) is 5.43. The van der Waals surface area contributed by atoms with Crippen LogP contribution in [0.3, 0.4) is 0 Å². The Bertz CT molecular complexity index is 1010. The third-order valence-electron chi connectivity index (χ3n) is 6.91. The van der Waals surface area contributed by atoms with Gasteiger partial charge in [0.05, 0.1) is 17.4 Å². The van der Waals surface area contributed by atoms with Crippen molar-refractivity contribution in [3.63, 3.8) is 0 Å². The van der Waals surface area contributed by atoms with Crippen molar-refractivity contribution in [3.05, 3.63) is 36.9 Å². The van der Waals surface area contributed by atoms with E-state index in [1.54, 1.807) is 0 Å². The van der Waals surface area contributed by atoms with E-state index in [2.05, 4.69) is 57.2 Å². The summed E-state index contributed by atoms with van der Waals surface area (Å²) in [5.74, 6) is 0. The summed E-state index contributed by atoms with van der Waals surface area (Å²) in [6.45, 7) is 2.24. The second-order valence-corrected chi connectivity index (χ2v) is 9.42. The molecule has 1 aliphatic carbocycles. The van der Waals surface area contributed by atoms with Crippen molar-refractivity contribution in [2.75, 3.05) is 18.0 Å². The summed E-state index contributed by atoms with van der Waals surface area (Å²) in [5.41, 5.74) is 4.80. The van der Waals surface area contributed by atoms with Crippen LogP contribution >= 0.6 is 12.6 Å². The van der Waals surface area contributed by atoms with Gasteiger partial charge < -0.3 is 4.90 Å². The van der Waals surface area contributed by atoms with Crippen molar-refractivity contribution in [2.24, 2.45) is 7.05 Å². The summed E-state index contributed by atoms with van der Waals surface area (Å²) >= 11 is 4.64. The van der Waals surface area contributed by atoms with E-state index in [0.717, 1.165) is 24.7 Å². The molecule has 2 saturated heterocycles. The van der Waals surface area contributed by atoms with Gasteiger partial charge in [0.2, 0.25) is 0 Å². The summed E-state index contributed by atoms with van der Waals surface area (Å²) in [5, 5.41) is 9.49. The van der Waals surface area contributed by atoms with Gasteiger partial charge in [-0.3, -0.25) is 9.58 Å². The molecule has 0 N–H and O–H groups in total. The van der Waals surface area contributed by atoms with Gasteiger partial charge in [0, 0.05) is 73.2 Å². The number of aromatic nitrogens is 4. The Morgan fingerprint density at radius 1 is 1.00 bits per heavy atom. The van der Waals surface area contributed by atoms with Gasteiger partial charge in [-0.2, -0.15) is 22.8 Å². The zero-order valence-electron chi connectivity index (χ0n) is 16.1. The molecule has 2 unspecified atom stereocenters. The molecule has 7 heteroatoms. The highest BCUT2D eigenvalue weighted by Gasteiger charge is 2.46. The number of thiol groups is 1. The van der Waals surface area contributed by atoms with E-state index in [1.807, 2.05) is 28.6 Å². The van der Waals surface area contributed by atoms with E-state index in [-0.39, 0.29) is 0 Å². The van der Waals surface area contributed by atoms with Gasteiger partial charge in [0.1, 0.15) is 0 Å². The molecule has 0 spiro atoms. The molecule has 3 aromatic heterocycles. The van der Waals surface area contributed by atoms with Crippen LogP contribution in [0.15, 0.2) is 36.9 Å². The van der Waals surface area contributed by atoms with Gasteiger partial charge in [0.15, 0.2) is 0 Å². The molecule has 5 heterocycles.